The van der Waals surface area contributed by atoms with Crippen LogP contribution in [-0.2, 0) is 4.74 Å². The van der Waals surface area contributed by atoms with Crippen LogP contribution in [0.3, 0.4) is 0 Å². The minimum atomic E-state index is 0.0823. The van der Waals surface area contributed by atoms with Crippen LogP contribution in [0.4, 0.5) is 0 Å². The lowest BCUT2D eigenvalue weighted by molar-refractivity contribution is -0.0298. The Balaban J connectivity index is 2.10. The maximum atomic E-state index is 5.77. The topological polar surface area (TPSA) is 52.8 Å². The molecule has 3 rings (SSSR count). The van der Waals surface area contributed by atoms with Crippen molar-refractivity contribution in [2.24, 2.45) is 0 Å². The van der Waals surface area contributed by atoms with Crippen LogP contribution in [0.2, 0.25) is 0 Å². The molecule has 0 radical (unpaired) electrons. The zero-order chi connectivity index (χ0) is 11.8. The molecule has 17 heavy (non-hydrogen) atoms. The van der Waals surface area contributed by atoms with Crippen molar-refractivity contribution in [2.75, 3.05) is 6.61 Å². The number of halogens is 1. The third-order valence-electron chi connectivity index (χ3n) is 2.96. The average Bonchev–Trinajstić information content (AvgIpc) is 2.74. The Kier molecular flexibility index (Phi) is 2.99. The highest BCUT2D eigenvalue weighted by atomic mass is 127. The molecular weight excluding hydrogens is 331 g/mol. The Hall–Kier alpha value is -0.760. The molecule has 1 fully saturated rings. The summed E-state index contributed by atoms with van der Waals surface area (Å²) in [6, 6.07) is 0. The number of fused-ring (bicyclic) bond motifs is 1. The molecule has 1 aliphatic heterocycles. The number of imidazole rings is 1. The van der Waals surface area contributed by atoms with E-state index in [4.69, 9.17) is 4.74 Å². The van der Waals surface area contributed by atoms with Gasteiger partial charge in [-0.2, -0.15) is 0 Å². The van der Waals surface area contributed by atoms with E-state index in [-0.39, 0.29) is 6.23 Å². The number of hydrogen-bond donors (Lipinski definition) is 0. The largest absolute Gasteiger partial charge is 0.358 e. The molecule has 0 aliphatic carbocycles. The highest BCUT2D eigenvalue weighted by Crippen LogP contribution is 2.26. The average molecular weight is 344 g/mol. The van der Waals surface area contributed by atoms with E-state index < -0.39 is 0 Å². The Labute approximate surface area is 113 Å². The SMILES string of the molecule is Cc1nc(I)c2ncn(C3CCCCO3)c2n1. The summed E-state index contributed by atoms with van der Waals surface area (Å²) in [6.07, 6.45) is 5.28. The maximum Gasteiger partial charge on any atom is 0.166 e. The molecule has 0 N–H and O–H groups in total. The first kappa shape index (κ1) is 11.3. The second kappa shape index (κ2) is 4.49. The van der Waals surface area contributed by atoms with Crippen LogP contribution in [0.1, 0.15) is 31.3 Å². The predicted octanol–water partition coefficient (Wildman–Crippen LogP) is 2.44. The molecule has 90 valence electrons. The molecule has 1 atom stereocenters. The van der Waals surface area contributed by atoms with Gasteiger partial charge < -0.3 is 4.74 Å². The fourth-order valence-corrected chi connectivity index (χ4v) is 2.87. The molecule has 0 spiro atoms. The molecule has 1 unspecified atom stereocenters. The highest BCUT2D eigenvalue weighted by Gasteiger charge is 2.19. The van der Waals surface area contributed by atoms with Crippen LogP contribution in [0.15, 0.2) is 6.33 Å². The standard InChI is InChI=1S/C11H13IN4O/c1-7-14-10(12)9-11(15-7)16(6-13-9)8-4-2-3-5-17-8/h6,8H,2-5H2,1H3. The van der Waals surface area contributed by atoms with Gasteiger partial charge in [0.2, 0.25) is 0 Å². The van der Waals surface area contributed by atoms with Gasteiger partial charge in [-0.25, -0.2) is 15.0 Å². The van der Waals surface area contributed by atoms with Crippen molar-refractivity contribution < 1.29 is 4.74 Å². The van der Waals surface area contributed by atoms with Gasteiger partial charge in [0.05, 0.1) is 6.33 Å². The number of ether oxygens (including phenoxy) is 1. The first-order chi connectivity index (χ1) is 8.25. The summed E-state index contributed by atoms with van der Waals surface area (Å²) < 4.78 is 8.71. The summed E-state index contributed by atoms with van der Waals surface area (Å²) in [5.41, 5.74) is 1.75. The van der Waals surface area contributed by atoms with Crippen molar-refractivity contribution >= 4 is 33.8 Å². The van der Waals surface area contributed by atoms with Crippen molar-refractivity contribution in [1.82, 2.24) is 19.5 Å². The summed E-state index contributed by atoms with van der Waals surface area (Å²) >= 11 is 2.20. The Morgan fingerprint density at radius 1 is 1.41 bits per heavy atom. The predicted molar refractivity (Wildman–Crippen MR) is 71.6 cm³/mol. The van der Waals surface area contributed by atoms with E-state index in [1.807, 2.05) is 17.8 Å². The number of aromatic nitrogens is 4. The highest BCUT2D eigenvalue weighted by molar-refractivity contribution is 14.1. The minimum absolute atomic E-state index is 0.0823. The van der Waals surface area contributed by atoms with E-state index in [2.05, 4.69) is 37.5 Å². The Morgan fingerprint density at radius 2 is 2.29 bits per heavy atom. The Bertz CT molecular complexity index is 548. The van der Waals surface area contributed by atoms with E-state index in [0.29, 0.717) is 0 Å². The molecule has 0 amide bonds. The van der Waals surface area contributed by atoms with Crippen molar-refractivity contribution in [2.45, 2.75) is 32.4 Å². The minimum Gasteiger partial charge on any atom is -0.358 e. The second-order valence-electron chi connectivity index (χ2n) is 4.21. The van der Waals surface area contributed by atoms with Crippen molar-refractivity contribution in [1.29, 1.82) is 0 Å². The van der Waals surface area contributed by atoms with Crippen LogP contribution in [0.5, 0.6) is 0 Å². The van der Waals surface area contributed by atoms with E-state index in [0.717, 1.165) is 40.1 Å². The summed E-state index contributed by atoms with van der Waals surface area (Å²) in [7, 11) is 0. The zero-order valence-electron chi connectivity index (χ0n) is 9.56. The van der Waals surface area contributed by atoms with Gasteiger partial charge in [-0.15, -0.1) is 0 Å². The second-order valence-corrected chi connectivity index (χ2v) is 5.23. The van der Waals surface area contributed by atoms with Crippen LogP contribution < -0.4 is 0 Å². The summed E-state index contributed by atoms with van der Waals surface area (Å²) in [5.74, 6) is 0.777. The lowest BCUT2D eigenvalue weighted by Crippen LogP contribution is -2.17. The summed E-state index contributed by atoms with van der Waals surface area (Å²) in [5, 5.41) is 0. The van der Waals surface area contributed by atoms with Crippen LogP contribution in [0.25, 0.3) is 11.2 Å². The van der Waals surface area contributed by atoms with Crippen molar-refractivity contribution in [3.63, 3.8) is 0 Å². The molecule has 5 nitrogen and oxygen atoms in total. The quantitative estimate of drug-likeness (QED) is 0.589. The molecule has 1 aliphatic rings. The lowest BCUT2D eigenvalue weighted by Gasteiger charge is -2.23. The molecule has 0 saturated carbocycles. The fourth-order valence-electron chi connectivity index (χ4n) is 2.14. The van der Waals surface area contributed by atoms with Crippen molar-refractivity contribution in [3.05, 3.63) is 15.9 Å². The van der Waals surface area contributed by atoms with E-state index in [1.54, 1.807) is 0 Å². The third-order valence-corrected chi connectivity index (χ3v) is 3.71. The van der Waals surface area contributed by atoms with E-state index >= 15 is 0 Å². The number of rotatable bonds is 1. The normalized spacial score (nSPS) is 20.9. The summed E-state index contributed by atoms with van der Waals surface area (Å²) in [4.78, 5) is 13.2. The van der Waals surface area contributed by atoms with Gasteiger partial charge in [0, 0.05) is 6.61 Å². The van der Waals surface area contributed by atoms with Gasteiger partial charge in [-0.05, 0) is 48.8 Å². The Morgan fingerprint density at radius 3 is 3.06 bits per heavy atom. The molecule has 2 aromatic rings. The molecule has 0 aromatic carbocycles. The van der Waals surface area contributed by atoms with Gasteiger partial charge in [0.1, 0.15) is 21.3 Å². The molecular formula is C11H13IN4O. The van der Waals surface area contributed by atoms with Gasteiger partial charge in [-0.1, -0.05) is 0 Å². The first-order valence-electron chi connectivity index (χ1n) is 5.74. The van der Waals surface area contributed by atoms with Crippen LogP contribution in [0, 0.1) is 10.6 Å². The molecule has 3 heterocycles. The fraction of sp³-hybridized carbons (Fsp3) is 0.545. The first-order valence-corrected chi connectivity index (χ1v) is 6.82. The van der Waals surface area contributed by atoms with E-state index in [9.17, 15) is 0 Å². The van der Waals surface area contributed by atoms with Crippen molar-refractivity contribution in [3.8, 4) is 0 Å². The lowest BCUT2D eigenvalue weighted by atomic mass is 10.2. The van der Waals surface area contributed by atoms with Crippen LogP contribution >= 0.6 is 22.6 Å². The van der Waals surface area contributed by atoms with Crippen LogP contribution in [-0.4, -0.2) is 26.1 Å². The third kappa shape index (κ3) is 2.03. The number of aryl methyl sites for hydroxylation is 1. The molecule has 1 saturated heterocycles. The molecule has 6 heteroatoms. The number of nitrogens with zero attached hydrogens (tertiary/aromatic N) is 4. The zero-order valence-corrected chi connectivity index (χ0v) is 11.7. The van der Waals surface area contributed by atoms with Gasteiger partial charge >= 0.3 is 0 Å². The van der Waals surface area contributed by atoms with Gasteiger partial charge in [0.15, 0.2) is 5.65 Å². The molecule has 0 bridgehead atoms. The number of hydrogen-bond acceptors (Lipinski definition) is 4. The molecule has 2 aromatic heterocycles. The van der Waals surface area contributed by atoms with Gasteiger partial charge in [0.25, 0.3) is 0 Å². The maximum absolute atomic E-state index is 5.77. The van der Waals surface area contributed by atoms with Gasteiger partial charge in [-0.3, -0.25) is 4.57 Å². The smallest absolute Gasteiger partial charge is 0.166 e. The monoisotopic (exact) mass is 344 g/mol. The van der Waals surface area contributed by atoms with E-state index in [1.165, 1.54) is 6.42 Å². The summed E-state index contributed by atoms with van der Waals surface area (Å²) in [6.45, 7) is 2.73.